The fraction of sp³-hybridized carbons (Fsp3) is 0.650. The van der Waals surface area contributed by atoms with Gasteiger partial charge in [-0.2, -0.15) is 0 Å². The third kappa shape index (κ3) is 3.21. The summed E-state index contributed by atoms with van der Waals surface area (Å²) in [5.74, 6) is 2.58. The van der Waals surface area contributed by atoms with Crippen LogP contribution in [0.4, 0.5) is 10.1 Å². The predicted molar refractivity (Wildman–Crippen MR) is 91.9 cm³/mol. The van der Waals surface area contributed by atoms with Crippen molar-refractivity contribution >= 4 is 11.6 Å². The molecular weight excluding hydrogens is 303 g/mol. The van der Waals surface area contributed by atoms with E-state index in [0.717, 1.165) is 24.3 Å². The molecule has 4 fully saturated rings. The van der Waals surface area contributed by atoms with Crippen LogP contribution in [-0.2, 0) is 4.79 Å². The smallest absolute Gasteiger partial charge is 0.282 e. The Morgan fingerprint density at radius 2 is 1.71 bits per heavy atom. The molecule has 0 spiro atoms. The predicted octanol–water partition coefficient (Wildman–Crippen LogP) is 2.93. The van der Waals surface area contributed by atoms with Gasteiger partial charge in [-0.25, -0.2) is 4.39 Å². The minimum atomic E-state index is -0.283. The number of anilines is 1. The van der Waals surface area contributed by atoms with Crippen LogP contribution in [0.3, 0.4) is 0 Å². The van der Waals surface area contributed by atoms with Crippen LogP contribution in [0.5, 0.6) is 0 Å². The number of carbonyl (C=O) groups is 1. The Balaban J connectivity index is 1.32. The number of rotatable bonds is 5. The highest BCUT2D eigenvalue weighted by Gasteiger charge is 2.51. The van der Waals surface area contributed by atoms with E-state index in [1.807, 2.05) is 6.92 Å². The molecule has 130 valence electrons. The molecule has 5 rings (SSSR count). The van der Waals surface area contributed by atoms with Crippen LogP contribution in [0.2, 0.25) is 0 Å². The molecule has 0 unspecified atom stereocenters. The van der Waals surface area contributed by atoms with Crippen molar-refractivity contribution in [2.24, 2.45) is 23.2 Å². The molecule has 3 nitrogen and oxygen atoms in total. The average Bonchev–Trinajstić information content (AvgIpc) is 2.53. The first-order valence-corrected chi connectivity index (χ1v) is 9.41. The molecule has 4 saturated carbocycles. The Kier molecular flexibility index (Phi) is 4.11. The van der Waals surface area contributed by atoms with Gasteiger partial charge in [0.2, 0.25) is 0 Å². The van der Waals surface area contributed by atoms with Gasteiger partial charge in [-0.15, -0.1) is 0 Å². The monoisotopic (exact) mass is 331 g/mol. The Labute approximate surface area is 143 Å². The lowest BCUT2D eigenvalue weighted by atomic mass is 9.49. The number of nitrogens with one attached hydrogen (secondary N) is 1. The molecule has 0 aliphatic heterocycles. The number of benzene rings is 1. The number of hydrogen-bond donors (Lipinski definition) is 2. The van der Waals surface area contributed by atoms with Crippen LogP contribution < -0.4 is 10.6 Å². The van der Waals surface area contributed by atoms with Gasteiger partial charge in [0.1, 0.15) is 5.82 Å². The molecule has 4 bridgehead atoms. The molecule has 1 atom stereocenters. The molecular formula is C20H28FN2O+. The first-order valence-electron chi connectivity index (χ1n) is 9.41. The third-order valence-electron chi connectivity index (χ3n) is 6.59. The maximum Gasteiger partial charge on any atom is 0.282 e. The number of quaternary nitrogens is 1. The summed E-state index contributed by atoms with van der Waals surface area (Å²) >= 11 is 0. The summed E-state index contributed by atoms with van der Waals surface area (Å²) in [4.78, 5) is 12.4. The van der Waals surface area contributed by atoms with Gasteiger partial charge in [-0.3, -0.25) is 4.79 Å². The van der Waals surface area contributed by atoms with E-state index in [0.29, 0.717) is 11.1 Å². The molecule has 4 aliphatic carbocycles. The first kappa shape index (κ1) is 16.1. The van der Waals surface area contributed by atoms with E-state index >= 15 is 0 Å². The number of amides is 1. The minimum absolute atomic E-state index is 0.00587. The molecule has 3 N–H and O–H groups in total. The minimum Gasteiger partial charge on any atom is -0.336 e. The highest BCUT2D eigenvalue weighted by Crippen LogP contribution is 2.59. The van der Waals surface area contributed by atoms with E-state index in [2.05, 4.69) is 10.6 Å². The second-order valence-electron chi connectivity index (χ2n) is 8.64. The van der Waals surface area contributed by atoms with E-state index in [1.54, 1.807) is 12.1 Å². The van der Waals surface area contributed by atoms with Crippen molar-refractivity contribution in [1.29, 1.82) is 0 Å². The Hall–Kier alpha value is -1.42. The van der Waals surface area contributed by atoms with Crippen molar-refractivity contribution in [3.8, 4) is 0 Å². The van der Waals surface area contributed by atoms with E-state index in [-0.39, 0.29) is 17.8 Å². The van der Waals surface area contributed by atoms with Crippen molar-refractivity contribution in [3.63, 3.8) is 0 Å². The van der Waals surface area contributed by atoms with Crippen molar-refractivity contribution in [3.05, 3.63) is 30.1 Å². The van der Waals surface area contributed by atoms with Gasteiger partial charge in [0.05, 0.1) is 6.54 Å². The second-order valence-corrected chi connectivity index (χ2v) is 8.64. The van der Waals surface area contributed by atoms with Gasteiger partial charge in [0, 0.05) is 11.1 Å². The molecule has 4 heteroatoms. The third-order valence-corrected chi connectivity index (χ3v) is 6.59. The second kappa shape index (κ2) is 6.14. The summed E-state index contributed by atoms with van der Waals surface area (Å²) < 4.78 is 12.9. The summed E-state index contributed by atoms with van der Waals surface area (Å²) in [6.07, 6.45) is 8.50. The molecule has 1 aromatic rings. The summed E-state index contributed by atoms with van der Waals surface area (Å²) in [6, 6.07) is 5.86. The zero-order valence-corrected chi connectivity index (χ0v) is 14.4. The summed E-state index contributed by atoms with van der Waals surface area (Å²) in [6.45, 7) is 3.05. The van der Waals surface area contributed by atoms with E-state index in [1.165, 1.54) is 50.7 Å². The van der Waals surface area contributed by atoms with Gasteiger partial charge >= 0.3 is 0 Å². The summed E-state index contributed by atoms with van der Waals surface area (Å²) in [7, 11) is 0. The zero-order chi connectivity index (χ0) is 16.7. The fourth-order valence-electron chi connectivity index (χ4n) is 5.86. The molecule has 0 saturated heterocycles. The first-order chi connectivity index (χ1) is 11.5. The molecule has 0 radical (unpaired) electrons. The van der Waals surface area contributed by atoms with E-state index in [4.69, 9.17) is 0 Å². The number of hydrogen-bond acceptors (Lipinski definition) is 1. The van der Waals surface area contributed by atoms with E-state index in [9.17, 15) is 9.18 Å². The van der Waals surface area contributed by atoms with Crippen LogP contribution in [0, 0.1) is 29.0 Å². The van der Waals surface area contributed by atoms with Crippen LogP contribution >= 0.6 is 0 Å². The Bertz CT molecular complexity index is 577. The Morgan fingerprint density at radius 3 is 2.25 bits per heavy atom. The standard InChI is InChI=1S/C20H27FN2O/c1-13(19(24)23-18-4-2-17(21)3-5-18)22-12-20-9-14-6-15(10-20)8-16(7-14)11-20/h2-5,13-16,22H,6-12H2,1H3,(H,23,24)/p+1/t13-,14?,15?,16?,20?/m1/s1. The van der Waals surface area contributed by atoms with Gasteiger partial charge in [0.15, 0.2) is 6.04 Å². The zero-order valence-electron chi connectivity index (χ0n) is 14.4. The van der Waals surface area contributed by atoms with Crippen LogP contribution in [-0.4, -0.2) is 18.5 Å². The van der Waals surface area contributed by atoms with Crippen LogP contribution in [0.15, 0.2) is 24.3 Å². The van der Waals surface area contributed by atoms with Gasteiger partial charge < -0.3 is 10.6 Å². The number of nitrogens with two attached hydrogens (primary N) is 1. The topological polar surface area (TPSA) is 45.7 Å². The van der Waals surface area contributed by atoms with E-state index < -0.39 is 0 Å². The normalized spacial score (nSPS) is 35.0. The maximum absolute atomic E-state index is 12.9. The molecule has 1 amide bonds. The molecule has 1 aromatic carbocycles. The average molecular weight is 331 g/mol. The van der Waals surface area contributed by atoms with Crippen LogP contribution in [0.25, 0.3) is 0 Å². The number of halogens is 1. The van der Waals surface area contributed by atoms with Crippen molar-refractivity contribution in [2.45, 2.75) is 51.5 Å². The fourth-order valence-corrected chi connectivity index (χ4v) is 5.86. The summed E-state index contributed by atoms with van der Waals surface area (Å²) in [5, 5.41) is 5.12. The van der Waals surface area contributed by atoms with Gasteiger partial charge in [0.25, 0.3) is 5.91 Å². The molecule has 0 aromatic heterocycles. The van der Waals surface area contributed by atoms with Crippen molar-refractivity contribution < 1.29 is 14.5 Å². The largest absolute Gasteiger partial charge is 0.336 e. The molecule has 4 aliphatic rings. The highest BCUT2D eigenvalue weighted by atomic mass is 19.1. The van der Waals surface area contributed by atoms with Crippen molar-refractivity contribution in [1.82, 2.24) is 0 Å². The number of carbonyl (C=O) groups excluding carboxylic acids is 1. The maximum atomic E-state index is 12.9. The lowest BCUT2D eigenvalue weighted by molar-refractivity contribution is -0.686. The molecule has 0 heterocycles. The quantitative estimate of drug-likeness (QED) is 0.856. The molecule has 24 heavy (non-hydrogen) atoms. The SMILES string of the molecule is C[C@@H]([NH2+]CC12CC3CC(CC(C3)C1)C2)C(=O)Nc1ccc(F)cc1. The van der Waals surface area contributed by atoms with Crippen LogP contribution in [0.1, 0.15) is 45.4 Å². The lowest BCUT2D eigenvalue weighted by Gasteiger charge is -2.56. The summed E-state index contributed by atoms with van der Waals surface area (Å²) in [5.41, 5.74) is 1.15. The highest BCUT2D eigenvalue weighted by molar-refractivity contribution is 5.93. The lowest BCUT2D eigenvalue weighted by Crippen LogP contribution is -2.94. The Morgan fingerprint density at radius 1 is 1.17 bits per heavy atom. The van der Waals surface area contributed by atoms with Gasteiger partial charge in [-0.05, 0) is 87.5 Å². The van der Waals surface area contributed by atoms with Gasteiger partial charge in [-0.1, -0.05) is 0 Å². The van der Waals surface area contributed by atoms with Crippen molar-refractivity contribution in [2.75, 3.05) is 11.9 Å².